The highest BCUT2D eigenvalue weighted by Gasteiger charge is 2.24. The van der Waals surface area contributed by atoms with Crippen LogP contribution < -0.4 is 4.74 Å². The summed E-state index contributed by atoms with van der Waals surface area (Å²) in [5.74, 6) is 0.926. The highest BCUT2D eigenvalue weighted by Crippen LogP contribution is 2.27. The summed E-state index contributed by atoms with van der Waals surface area (Å²) in [4.78, 5) is 20.1. The lowest BCUT2D eigenvalue weighted by Gasteiger charge is -2.36. The van der Waals surface area contributed by atoms with E-state index in [2.05, 4.69) is 29.4 Å². The summed E-state index contributed by atoms with van der Waals surface area (Å²) in [5, 5.41) is 8.88. The number of carbonyl (C=O) groups is 1. The van der Waals surface area contributed by atoms with Gasteiger partial charge in [-0.1, -0.05) is 30.4 Å². The van der Waals surface area contributed by atoms with Gasteiger partial charge in [0.2, 0.25) is 0 Å². The van der Waals surface area contributed by atoms with Crippen LogP contribution >= 0.6 is 0 Å². The maximum Gasteiger partial charge on any atom is 0.304 e. The Kier molecular flexibility index (Phi) is 6.08. The number of rotatable bonds is 5. The molecule has 0 amide bonds. The van der Waals surface area contributed by atoms with E-state index in [4.69, 9.17) is 14.8 Å². The third-order valence-electron chi connectivity index (χ3n) is 4.63. The van der Waals surface area contributed by atoms with E-state index >= 15 is 0 Å². The lowest BCUT2D eigenvalue weighted by atomic mass is 10.1. The molecule has 0 radical (unpaired) electrons. The predicted octanol–water partition coefficient (Wildman–Crippen LogP) is 2.81. The summed E-state index contributed by atoms with van der Waals surface area (Å²) in [6.45, 7) is 9.57. The molecule has 1 aromatic carbocycles. The third-order valence-corrected chi connectivity index (χ3v) is 4.63. The molecule has 2 aliphatic heterocycles. The Morgan fingerprint density at radius 1 is 1.33 bits per heavy atom. The van der Waals surface area contributed by atoms with Gasteiger partial charge in [0, 0.05) is 32.7 Å². The summed E-state index contributed by atoms with van der Waals surface area (Å²) in [5.41, 5.74) is 2.86. The van der Waals surface area contributed by atoms with E-state index in [0.29, 0.717) is 6.54 Å². The minimum absolute atomic E-state index is 0.177. The fourth-order valence-corrected chi connectivity index (χ4v) is 3.18. The van der Waals surface area contributed by atoms with Crippen molar-refractivity contribution in [1.82, 2.24) is 9.80 Å². The van der Waals surface area contributed by atoms with Crippen LogP contribution in [0.5, 0.6) is 5.75 Å². The normalized spacial score (nSPS) is 17.6. The molecule has 0 aromatic heterocycles. The van der Waals surface area contributed by atoms with Crippen molar-refractivity contribution >= 4 is 11.8 Å². The minimum Gasteiger partial charge on any atom is -0.481 e. The van der Waals surface area contributed by atoms with Crippen molar-refractivity contribution in [1.29, 1.82) is 0 Å². The fraction of sp³-hybridized carbons (Fsp3) is 0.333. The standard InChI is InChI=1S/C21H25N3O3/c1-3-4-5-17-15-27-19-7-6-16(2)14-18(19)21(22-17)24-12-10-23(11-13-24)9-8-20(25)26/h3-7,14-15H,1,8-13H2,2H3,(H,25,26)/b5-4-. The van der Waals surface area contributed by atoms with Gasteiger partial charge in [0.15, 0.2) is 0 Å². The van der Waals surface area contributed by atoms with Crippen LogP contribution in [0.15, 0.2) is 60.0 Å². The van der Waals surface area contributed by atoms with Gasteiger partial charge >= 0.3 is 5.97 Å². The van der Waals surface area contributed by atoms with Crippen LogP contribution in [0.2, 0.25) is 0 Å². The number of allylic oxidation sites excluding steroid dienone is 3. The van der Waals surface area contributed by atoms with E-state index in [1.165, 1.54) is 0 Å². The molecule has 6 nitrogen and oxygen atoms in total. The molecule has 0 unspecified atom stereocenters. The quantitative estimate of drug-likeness (QED) is 0.811. The van der Waals surface area contributed by atoms with E-state index in [9.17, 15) is 4.79 Å². The molecule has 2 aliphatic rings. The number of aliphatic carboxylic acids is 1. The van der Waals surface area contributed by atoms with Crippen LogP contribution in [0.25, 0.3) is 0 Å². The van der Waals surface area contributed by atoms with Crippen LogP contribution in [0, 0.1) is 6.92 Å². The number of amidine groups is 1. The zero-order chi connectivity index (χ0) is 19.2. The number of aliphatic imine (C=N–C) groups is 1. The number of carboxylic acids is 1. The molecular weight excluding hydrogens is 342 g/mol. The molecule has 0 saturated carbocycles. The summed E-state index contributed by atoms with van der Waals surface area (Å²) in [6.07, 6.45) is 7.25. The van der Waals surface area contributed by atoms with Gasteiger partial charge < -0.3 is 14.7 Å². The first-order chi connectivity index (χ1) is 13.1. The van der Waals surface area contributed by atoms with Crippen molar-refractivity contribution in [2.75, 3.05) is 32.7 Å². The van der Waals surface area contributed by atoms with E-state index in [1.807, 2.05) is 24.3 Å². The Labute approximate surface area is 159 Å². The molecule has 0 bridgehead atoms. The Bertz CT molecular complexity index is 803. The highest BCUT2D eigenvalue weighted by molar-refractivity contribution is 6.02. The van der Waals surface area contributed by atoms with Crippen LogP contribution in [-0.2, 0) is 4.79 Å². The summed E-state index contributed by atoms with van der Waals surface area (Å²) < 4.78 is 5.86. The molecule has 0 aliphatic carbocycles. The molecule has 1 N–H and O–H groups in total. The Balaban J connectivity index is 1.83. The molecule has 6 heteroatoms. The topological polar surface area (TPSA) is 65.4 Å². The first kappa shape index (κ1) is 18.9. The van der Waals surface area contributed by atoms with Gasteiger partial charge in [0.25, 0.3) is 0 Å². The van der Waals surface area contributed by atoms with Crippen molar-refractivity contribution in [3.05, 3.63) is 66.1 Å². The van der Waals surface area contributed by atoms with E-state index in [0.717, 1.165) is 54.6 Å². The van der Waals surface area contributed by atoms with Crippen molar-refractivity contribution in [3.8, 4) is 5.75 Å². The van der Waals surface area contributed by atoms with Crippen LogP contribution in [0.4, 0.5) is 0 Å². The molecule has 0 spiro atoms. The largest absolute Gasteiger partial charge is 0.481 e. The molecular formula is C21H25N3O3. The first-order valence-corrected chi connectivity index (χ1v) is 9.11. The number of ether oxygens (including phenoxy) is 1. The zero-order valence-corrected chi connectivity index (χ0v) is 15.6. The zero-order valence-electron chi connectivity index (χ0n) is 15.6. The average Bonchev–Trinajstić information content (AvgIpc) is 2.84. The SMILES string of the molecule is C=C/C=C\C1=COc2ccc(C)cc2C(N2CCN(CCC(=O)O)CC2)=N1. The smallest absolute Gasteiger partial charge is 0.304 e. The molecule has 1 fully saturated rings. The van der Waals surface area contributed by atoms with Gasteiger partial charge in [-0.15, -0.1) is 0 Å². The molecule has 1 aromatic rings. The van der Waals surface area contributed by atoms with Gasteiger partial charge in [0.1, 0.15) is 23.5 Å². The second-order valence-corrected chi connectivity index (χ2v) is 6.66. The number of hydrogen-bond acceptors (Lipinski definition) is 5. The van der Waals surface area contributed by atoms with Crippen molar-refractivity contribution in [2.45, 2.75) is 13.3 Å². The van der Waals surface area contributed by atoms with Crippen LogP contribution in [-0.4, -0.2) is 59.4 Å². The molecule has 27 heavy (non-hydrogen) atoms. The second kappa shape index (κ2) is 8.68. The summed E-state index contributed by atoms with van der Waals surface area (Å²) in [6, 6.07) is 6.09. The van der Waals surface area contributed by atoms with Gasteiger partial charge in [-0.05, 0) is 25.1 Å². The Morgan fingerprint density at radius 2 is 2.11 bits per heavy atom. The van der Waals surface area contributed by atoms with E-state index in [-0.39, 0.29) is 6.42 Å². The molecule has 142 valence electrons. The van der Waals surface area contributed by atoms with E-state index in [1.54, 1.807) is 12.3 Å². The maximum atomic E-state index is 10.8. The predicted molar refractivity (Wildman–Crippen MR) is 106 cm³/mol. The minimum atomic E-state index is -0.754. The number of piperazine rings is 1. The third kappa shape index (κ3) is 4.86. The lowest BCUT2D eigenvalue weighted by molar-refractivity contribution is -0.137. The first-order valence-electron chi connectivity index (χ1n) is 9.11. The number of nitrogens with zero attached hydrogens (tertiary/aromatic N) is 3. The summed E-state index contributed by atoms with van der Waals surface area (Å²) >= 11 is 0. The molecule has 2 heterocycles. The fourth-order valence-electron chi connectivity index (χ4n) is 3.18. The maximum absolute atomic E-state index is 10.8. The molecule has 3 rings (SSSR count). The highest BCUT2D eigenvalue weighted by atomic mass is 16.5. The van der Waals surface area contributed by atoms with Crippen molar-refractivity contribution in [2.24, 2.45) is 4.99 Å². The number of hydrogen-bond donors (Lipinski definition) is 1. The lowest BCUT2D eigenvalue weighted by Crippen LogP contribution is -2.49. The molecule has 0 atom stereocenters. The Morgan fingerprint density at radius 3 is 2.81 bits per heavy atom. The number of fused-ring (bicyclic) bond motifs is 1. The van der Waals surface area contributed by atoms with Crippen molar-refractivity contribution in [3.63, 3.8) is 0 Å². The van der Waals surface area contributed by atoms with Gasteiger partial charge in [-0.2, -0.15) is 0 Å². The summed E-state index contributed by atoms with van der Waals surface area (Å²) in [7, 11) is 0. The van der Waals surface area contributed by atoms with Crippen LogP contribution in [0.3, 0.4) is 0 Å². The Hall–Kier alpha value is -2.86. The second-order valence-electron chi connectivity index (χ2n) is 6.66. The number of carboxylic acid groups (broad SMARTS) is 1. The number of aryl methyl sites for hydroxylation is 1. The monoisotopic (exact) mass is 367 g/mol. The average molecular weight is 367 g/mol. The van der Waals surface area contributed by atoms with Crippen molar-refractivity contribution < 1.29 is 14.6 Å². The van der Waals surface area contributed by atoms with Crippen LogP contribution in [0.1, 0.15) is 17.5 Å². The van der Waals surface area contributed by atoms with Gasteiger partial charge in [-0.25, -0.2) is 4.99 Å². The number of benzene rings is 1. The van der Waals surface area contributed by atoms with Gasteiger partial charge in [-0.3, -0.25) is 9.69 Å². The molecule has 1 saturated heterocycles. The van der Waals surface area contributed by atoms with E-state index < -0.39 is 5.97 Å². The van der Waals surface area contributed by atoms with Gasteiger partial charge in [0.05, 0.1) is 12.0 Å².